The van der Waals surface area contributed by atoms with Crippen molar-refractivity contribution in [3.8, 4) is 11.3 Å². The summed E-state index contributed by atoms with van der Waals surface area (Å²) in [6.45, 7) is 6.30. The van der Waals surface area contributed by atoms with Crippen molar-refractivity contribution in [1.29, 1.82) is 0 Å². The summed E-state index contributed by atoms with van der Waals surface area (Å²) >= 11 is 0. The Hall–Kier alpha value is -3.33. The molecule has 2 aromatic heterocycles. The van der Waals surface area contributed by atoms with E-state index in [1.54, 1.807) is 0 Å². The van der Waals surface area contributed by atoms with Gasteiger partial charge in [-0.1, -0.05) is 32.9 Å². The van der Waals surface area contributed by atoms with Crippen molar-refractivity contribution < 1.29 is 13.0 Å². The van der Waals surface area contributed by atoms with Crippen molar-refractivity contribution in [3.63, 3.8) is 0 Å². The second-order valence-corrected chi connectivity index (χ2v) is 13.8. The summed E-state index contributed by atoms with van der Waals surface area (Å²) in [5, 5.41) is 17.6. The van der Waals surface area contributed by atoms with E-state index in [0.717, 1.165) is 46.9 Å². The van der Waals surface area contributed by atoms with Gasteiger partial charge in [-0.25, -0.2) is 8.78 Å². The molecule has 3 atom stereocenters. The largest absolute Gasteiger partial charge is 0.268 e. The van der Waals surface area contributed by atoms with Gasteiger partial charge in [-0.3, -0.25) is 9.19 Å². The van der Waals surface area contributed by atoms with Gasteiger partial charge in [0.15, 0.2) is 0 Å². The lowest BCUT2D eigenvalue weighted by Gasteiger charge is -2.37. The average molecular weight is 534 g/mol. The Morgan fingerprint density at radius 3 is 2.53 bits per heavy atom. The molecule has 0 radical (unpaired) electrons. The molecule has 1 aromatic carbocycles. The molecular formula is C29H29F2N5OS. The molecule has 3 aromatic rings. The van der Waals surface area contributed by atoms with Crippen LogP contribution in [0, 0.1) is 17.0 Å². The van der Waals surface area contributed by atoms with Gasteiger partial charge in [-0.15, -0.1) is 5.10 Å². The molecule has 3 heterocycles. The topological polar surface area (TPSA) is 80.5 Å². The number of halogens is 2. The van der Waals surface area contributed by atoms with Crippen LogP contribution in [-0.2, 0) is 14.9 Å². The number of hydrogen-bond donors (Lipinski definition) is 0. The van der Waals surface area contributed by atoms with E-state index < -0.39 is 26.6 Å². The van der Waals surface area contributed by atoms with Gasteiger partial charge >= 0.3 is 0 Å². The molecule has 0 saturated heterocycles. The molecule has 1 aliphatic heterocycles. The molecule has 0 spiro atoms. The van der Waals surface area contributed by atoms with E-state index in [1.807, 2.05) is 31.2 Å². The molecule has 0 N–H and O–H groups in total. The van der Waals surface area contributed by atoms with Gasteiger partial charge in [-0.2, -0.15) is 15.3 Å². The highest BCUT2D eigenvalue weighted by Gasteiger charge is 2.65. The lowest BCUT2D eigenvalue weighted by molar-refractivity contribution is 0.243. The lowest BCUT2D eigenvalue weighted by Crippen LogP contribution is -2.38. The number of aromatic nitrogens is 3. The molecule has 6 rings (SSSR count). The molecular weight excluding hydrogens is 504 g/mol. The number of rotatable bonds is 6. The minimum absolute atomic E-state index is 0.151. The first-order valence-electron chi connectivity index (χ1n) is 12.8. The van der Waals surface area contributed by atoms with Crippen LogP contribution in [0.1, 0.15) is 68.6 Å². The fourth-order valence-electron chi connectivity index (χ4n) is 6.61. The van der Waals surface area contributed by atoms with Crippen LogP contribution >= 0.6 is 0 Å². The van der Waals surface area contributed by atoms with E-state index in [-0.39, 0.29) is 22.6 Å². The Morgan fingerprint density at radius 2 is 1.79 bits per heavy atom. The zero-order valence-electron chi connectivity index (χ0n) is 21.7. The van der Waals surface area contributed by atoms with E-state index >= 15 is 0 Å². The first kappa shape index (κ1) is 25.0. The second kappa shape index (κ2) is 8.59. The molecule has 9 heteroatoms. The SMILES string of the molecule is C=S(=O)(CC)CC1=NN=C(c2cccc([C@@]34CC[C@@H](c5cc(-c6c(F)cccc6F)nnc53)C4(C)C)n2)C1. The minimum atomic E-state index is -2.20. The van der Waals surface area contributed by atoms with Gasteiger partial charge in [0, 0.05) is 12.2 Å². The fraction of sp³-hybridized carbons (Fsp3) is 0.379. The highest BCUT2D eigenvalue weighted by molar-refractivity contribution is 8.00. The highest BCUT2D eigenvalue weighted by atomic mass is 32.2. The Morgan fingerprint density at radius 1 is 1.05 bits per heavy atom. The van der Waals surface area contributed by atoms with E-state index in [2.05, 4.69) is 40.1 Å². The molecule has 2 bridgehead atoms. The molecule has 196 valence electrons. The standard InChI is InChI=1S/C29H29F2N5OS/c1-5-38(4,37)16-17-14-23(34-33-17)22-10-7-11-25(32-22)29-13-12-19(28(29,2)3)18-15-24(35-36-27(18)29)26-20(30)8-6-9-21(26)31/h6-11,15,19H,4-5,12-14,16H2,1-3H3/t19-,29-,38?/m0/s1. The lowest BCUT2D eigenvalue weighted by atomic mass is 9.66. The molecule has 6 nitrogen and oxygen atoms in total. The summed E-state index contributed by atoms with van der Waals surface area (Å²) < 4.78 is 41.6. The number of benzene rings is 1. The third kappa shape index (κ3) is 3.58. The zero-order chi connectivity index (χ0) is 26.9. The molecule has 1 fully saturated rings. The van der Waals surface area contributed by atoms with Crippen molar-refractivity contribution in [2.24, 2.45) is 15.6 Å². The fourth-order valence-corrected chi connectivity index (χ4v) is 7.58. The van der Waals surface area contributed by atoms with Crippen molar-refractivity contribution >= 4 is 26.8 Å². The summed E-state index contributed by atoms with van der Waals surface area (Å²) in [6.07, 6.45) is 2.26. The quantitative estimate of drug-likeness (QED) is 0.403. The van der Waals surface area contributed by atoms with E-state index in [1.165, 1.54) is 18.2 Å². The Labute approximate surface area is 221 Å². The molecule has 1 unspecified atom stereocenters. The second-order valence-electron chi connectivity index (χ2n) is 11.0. The van der Waals surface area contributed by atoms with E-state index in [9.17, 15) is 13.0 Å². The third-order valence-corrected chi connectivity index (χ3v) is 10.6. The van der Waals surface area contributed by atoms with Crippen LogP contribution in [0.5, 0.6) is 0 Å². The summed E-state index contributed by atoms with van der Waals surface area (Å²) in [4.78, 5) is 5.08. The number of pyridine rings is 1. The molecule has 1 saturated carbocycles. The summed E-state index contributed by atoms with van der Waals surface area (Å²) in [5.74, 6) is 3.52. The Kier molecular flexibility index (Phi) is 5.65. The molecule has 2 aliphatic carbocycles. The van der Waals surface area contributed by atoms with Crippen LogP contribution in [-0.4, -0.2) is 48.2 Å². The first-order valence-corrected chi connectivity index (χ1v) is 14.9. The highest BCUT2D eigenvalue weighted by Crippen LogP contribution is 2.69. The van der Waals surface area contributed by atoms with Crippen molar-refractivity contribution in [2.75, 3.05) is 11.5 Å². The smallest absolute Gasteiger partial charge is 0.135 e. The summed E-state index contributed by atoms with van der Waals surface area (Å²) in [6, 6.07) is 11.5. The van der Waals surface area contributed by atoms with E-state index in [0.29, 0.717) is 17.9 Å². The zero-order valence-corrected chi connectivity index (χ0v) is 22.5. The van der Waals surface area contributed by atoms with Gasteiger partial charge in [0.05, 0.1) is 50.9 Å². The molecule has 38 heavy (non-hydrogen) atoms. The van der Waals surface area contributed by atoms with Crippen LogP contribution in [0.2, 0.25) is 0 Å². The number of fused-ring (bicyclic) bond motifs is 5. The Balaban J connectivity index is 1.39. The molecule has 3 aliphatic rings. The summed E-state index contributed by atoms with van der Waals surface area (Å²) in [5.41, 5.74) is 4.25. The van der Waals surface area contributed by atoms with Crippen LogP contribution < -0.4 is 0 Å². The normalized spacial score (nSPS) is 24.6. The van der Waals surface area contributed by atoms with E-state index in [4.69, 9.17) is 4.98 Å². The maximum absolute atomic E-state index is 14.5. The van der Waals surface area contributed by atoms with Gasteiger partial charge in [0.25, 0.3) is 0 Å². The van der Waals surface area contributed by atoms with Gasteiger partial charge in [0.1, 0.15) is 11.6 Å². The van der Waals surface area contributed by atoms with Crippen LogP contribution in [0.4, 0.5) is 8.78 Å². The van der Waals surface area contributed by atoms with Crippen molar-refractivity contribution in [3.05, 3.63) is 76.7 Å². The predicted octanol–water partition coefficient (Wildman–Crippen LogP) is 5.31. The minimum Gasteiger partial charge on any atom is -0.268 e. The van der Waals surface area contributed by atoms with Gasteiger partial charge in [0.2, 0.25) is 0 Å². The average Bonchev–Trinajstić information content (AvgIpc) is 3.51. The Bertz CT molecular complexity index is 1630. The summed E-state index contributed by atoms with van der Waals surface area (Å²) in [7, 11) is -2.20. The third-order valence-electron chi connectivity index (χ3n) is 8.72. The monoisotopic (exact) mass is 533 g/mol. The van der Waals surface area contributed by atoms with Gasteiger partial charge in [-0.05, 0) is 75.5 Å². The van der Waals surface area contributed by atoms with Gasteiger partial charge < -0.3 is 0 Å². The van der Waals surface area contributed by atoms with Crippen LogP contribution in [0.3, 0.4) is 0 Å². The number of hydrogen-bond acceptors (Lipinski definition) is 6. The van der Waals surface area contributed by atoms with Crippen LogP contribution in [0.15, 0.2) is 52.7 Å². The maximum atomic E-state index is 14.5. The van der Waals surface area contributed by atoms with Crippen LogP contribution in [0.25, 0.3) is 11.3 Å². The predicted molar refractivity (Wildman–Crippen MR) is 147 cm³/mol. The maximum Gasteiger partial charge on any atom is 0.135 e. The first-order chi connectivity index (χ1) is 18.1. The molecule has 0 amide bonds. The van der Waals surface area contributed by atoms with Crippen molar-refractivity contribution in [2.45, 2.75) is 51.4 Å². The number of nitrogens with zero attached hydrogens (tertiary/aromatic N) is 5. The van der Waals surface area contributed by atoms with Crippen molar-refractivity contribution in [1.82, 2.24) is 15.2 Å².